The maximum absolute atomic E-state index is 13.3. The van der Waals surface area contributed by atoms with Gasteiger partial charge in [-0.25, -0.2) is 13.8 Å². The van der Waals surface area contributed by atoms with E-state index in [0.29, 0.717) is 30.4 Å². The van der Waals surface area contributed by atoms with Crippen LogP contribution in [-0.2, 0) is 6.54 Å². The molecule has 0 radical (unpaired) electrons. The largest absolute Gasteiger partial charge is 0.491 e. The normalized spacial score (nSPS) is 15.7. The molecule has 0 spiro atoms. The number of hydrogen-bond donors (Lipinski definition) is 2. The number of ether oxygens (including phenoxy) is 1. The van der Waals surface area contributed by atoms with Gasteiger partial charge in [-0.05, 0) is 42.5 Å². The van der Waals surface area contributed by atoms with Crippen LogP contribution in [0.2, 0.25) is 0 Å². The van der Waals surface area contributed by atoms with Crippen LogP contribution >= 0.6 is 0 Å². The summed E-state index contributed by atoms with van der Waals surface area (Å²) in [5.41, 5.74) is 0.470. The number of aliphatic hydroxyl groups excluding tert-OH is 1. The number of anilines is 1. The zero-order valence-corrected chi connectivity index (χ0v) is 18.5. The Morgan fingerprint density at radius 3 is 2.56 bits per heavy atom. The van der Waals surface area contributed by atoms with E-state index in [9.17, 15) is 18.7 Å². The van der Waals surface area contributed by atoms with Gasteiger partial charge in [0.05, 0.1) is 6.54 Å². The summed E-state index contributed by atoms with van der Waals surface area (Å²) in [6, 6.07) is 11.3. The number of rotatable bonds is 9. The van der Waals surface area contributed by atoms with E-state index >= 15 is 0 Å². The molecular weight excluding hydrogens is 446 g/mol. The molecule has 4 rings (SSSR count). The van der Waals surface area contributed by atoms with Crippen LogP contribution in [0.25, 0.3) is 0 Å². The van der Waals surface area contributed by atoms with Gasteiger partial charge < -0.3 is 19.6 Å². The molecule has 0 aliphatic carbocycles. The molecule has 1 aliphatic rings. The lowest BCUT2D eigenvalue weighted by atomic mass is 10.2. The fraction of sp³-hybridized carbons (Fsp3) is 0.333. The lowest BCUT2D eigenvalue weighted by molar-refractivity contribution is 0.0430. The summed E-state index contributed by atoms with van der Waals surface area (Å²) in [7, 11) is 0. The molecule has 1 atom stereocenters. The minimum Gasteiger partial charge on any atom is -0.491 e. The first-order chi connectivity index (χ1) is 16.4. The van der Waals surface area contributed by atoms with Crippen molar-refractivity contribution in [2.75, 3.05) is 44.6 Å². The Morgan fingerprint density at radius 1 is 1.09 bits per heavy atom. The number of β-amino-alcohol motifs (C(OH)–C–C–N with tert-alkyl or cyclic N) is 1. The number of oxazole rings is 1. The highest BCUT2D eigenvalue weighted by molar-refractivity contribution is 6.02. The van der Waals surface area contributed by atoms with Crippen molar-refractivity contribution in [3.63, 3.8) is 0 Å². The van der Waals surface area contributed by atoms with Crippen LogP contribution in [0.4, 0.5) is 14.5 Å². The van der Waals surface area contributed by atoms with Gasteiger partial charge in [-0.3, -0.25) is 14.6 Å². The van der Waals surface area contributed by atoms with Crippen molar-refractivity contribution in [2.45, 2.75) is 12.6 Å². The molecular formula is C24H26F2N4O4. The lowest BCUT2D eigenvalue weighted by Crippen LogP contribution is -2.48. The second kappa shape index (κ2) is 11.2. The number of aromatic nitrogens is 1. The Balaban J connectivity index is 1.18. The third-order valence-electron chi connectivity index (χ3n) is 5.42. The quantitative estimate of drug-likeness (QED) is 0.495. The molecule has 1 aliphatic heterocycles. The summed E-state index contributed by atoms with van der Waals surface area (Å²) in [5.74, 6) is -0.308. The molecule has 0 saturated carbocycles. The molecule has 1 aromatic heterocycles. The monoisotopic (exact) mass is 472 g/mol. The van der Waals surface area contributed by atoms with E-state index in [1.54, 1.807) is 6.07 Å². The molecule has 2 heterocycles. The van der Waals surface area contributed by atoms with Crippen LogP contribution < -0.4 is 10.1 Å². The third kappa shape index (κ3) is 6.83. The van der Waals surface area contributed by atoms with E-state index in [1.165, 1.54) is 48.7 Å². The van der Waals surface area contributed by atoms with Gasteiger partial charge in [-0.1, -0.05) is 6.07 Å². The average Bonchev–Trinajstić information content (AvgIpc) is 3.29. The minimum absolute atomic E-state index is 0.127. The first kappa shape index (κ1) is 23.8. The number of carbonyl (C=O) groups excluding carboxylic acids is 1. The molecule has 3 aromatic rings. The van der Waals surface area contributed by atoms with Crippen molar-refractivity contribution < 1.29 is 27.8 Å². The van der Waals surface area contributed by atoms with E-state index in [2.05, 4.69) is 20.1 Å². The van der Waals surface area contributed by atoms with Gasteiger partial charge in [0.1, 0.15) is 36.4 Å². The predicted molar refractivity (Wildman–Crippen MR) is 120 cm³/mol. The van der Waals surface area contributed by atoms with Crippen molar-refractivity contribution >= 4 is 11.6 Å². The van der Waals surface area contributed by atoms with Crippen LogP contribution in [-0.4, -0.2) is 71.2 Å². The zero-order chi connectivity index (χ0) is 23.9. The average molecular weight is 472 g/mol. The molecule has 2 N–H and O–H groups in total. The van der Waals surface area contributed by atoms with Crippen molar-refractivity contribution in [3.05, 3.63) is 78.0 Å². The van der Waals surface area contributed by atoms with Crippen LogP contribution in [0.1, 0.15) is 16.4 Å². The van der Waals surface area contributed by atoms with Gasteiger partial charge in [0.15, 0.2) is 5.69 Å². The maximum atomic E-state index is 13.3. The highest BCUT2D eigenvalue weighted by Gasteiger charge is 2.22. The van der Waals surface area contributed by atoms with E-state index in [4.69, 9.17) is 9.15 Å². The van der Waals surface area contributed by atoms with Crippen LogP contribution in [0.3, 0.4) is 0 Å². The summed E-state index contributed by atoms with van der Waals surface area (Å²) >= 11 is 0. The van der Waals surface area contributed by atoms with E-state index in [0.717, 1.165) is 26.2 Å². The number of piperazine rings is 1. The Morgan fingerprint density at radius 2 is 1.82 bits per heavy atom. The highest BCUT2D eigenvalue weighted by atomic mass is 19.1. The Kier molecular flexibility index (Phi) is 7.84. The number of aliphatic hydroxyl groups is 1. The Labute approximate surface area is 195 Å². The first-order valence-corrected chi connectivity index (χ1v) is 11.0. The summed E-state index contributed by atoms with van der Waals surface area (Å²) in [6.07, 6.45) is 0.625. The molecule has 8 nitrogen and oxygen atoms in total. The third-order valence-corrected chi connectivity index (χ3v) is 5.42. The fourth-order valence-electron chi connectivity index (χ4n) is 3.64. The van der Waals surface area contributed by atoms with Crippen LogP contribution in [0, 0.1) is 11.6 Å². The van der Waals surface area contributed by atoms with E-state index in [-0.39, 0.29) is 18.1 Å². The van der Waals surface area contributed by atoms with Crippen molar-refractivity contribution in [2.24, 2.45) is 0 Å². The van der Waals surface area contributed by atoms with Crippen molar-refractivity contribution in [1.82, 2.24) is 14.8 Å². The topological polar surface area (TPSA) is 91.1 Å². The maximum Gasteiger partial charge on any atom is 0.277 e. The fourth-order valence-corrected chi connectivity index (χ4v) is 3.64. The van der Waals surface area contributed by atoms with Crippen LogP contribution in [0.5, 0.6) is 5.75 Å². The summed E-state index contributed by atoms with van der Waals surface area (Å²) < 4.78 is 37.2. The zero-order valence-electron chi connectivity index (χ0n) is 18.5. The molecule has 10 heteroatoms. The van der Waals surface area contributed by atoms with Gasteiger partial charge in [0, 0.05) is 38.4 Å². The van der Waals surface area contributed by atoms with Gasteiger partial charge in [0.25, 0.3) is 5.91 Å². The highest BCUT2D eigenvalue weighted by Crippen LogP contribution is 2.14. The second-order valence-corrected chi connectivity index (χ2v) is 8.09. The minimum atomic E-state index is -0.664. The van der Waals surface area contributed by atoms with Gasteiger partial charge in [0.2, 0.25) is 5.89 Å². The van der Waals surface area contributed by atoms with Gasteiger partial charge in [-0.2, -0.15) is 0 Å². The number of nitrogens with one attached hydrogen (secondary N) is 1. The second-order valence-electron chi connectivity index (χ2n) is 8.09. The summed E-state index contributed by atoms with van der Waals surface area (Å²) in [6.45, 7) is 4.05. The lowest BCUT2D eigenvalue weighted by Gasteiger charge is -2.34. The number of amides is 1. The SMILES string of the molecule is O=C(Nc1cccc(F)c1)c1coc(CN2CCN(C[C@@H](O)COc3ccc(F)cc3)CC2)n1. The Bertz CT molecular complexity index is 1080. The number of nitrogens with zero attached hydrogens (tertiary/aromatic N) is 3. The summed E-state index contributed by atoms with van der Waals surface area (Å²) in [4.78, 5) is 20.8. The van der Waals surface area contributed by atoms with Gasteiger partial charge >= 0.3 is 0 Å². The molecule has 1 fully saturated rings. The van der Waals surface area contributed by atoms with Crippen molar-refractivity contribution in [1.29, 1.82) is 0 Å². The Hall–Kier alpha value is -3.34. The van der Waals surface area contributed by atoms with E-state index < -0.39 is 17.8 Å². The molecule has 1 amide bonds. The first-order valence-electron chi connectivity index (χ1n) is 11.0. The number of hydrogen-bond acceptors (Lipinski definition) is 7. The molecule has 0 unspecified atom stereocenters. The molecule has 2 aromatic carbocycles. The van der Waals surface area contributed by atoms with E-state index in [1.807, 2.05) is 0 Å². The number of benzene rings is 2. The van der Waals surface area contributed by atoms with Crippen LogP contribution in [0.15, 0.2) is 59.2 Å². The molecule has 1 saturated heterocycles. The number of halogens is 2. The van der Waals surface area contributed by atoms with Gasteiger partial charge in [-0.15, -0.1) is 0 Å². The smallest absolute Gasteiger partial charge is 0.277 e. The standard InChI is InChI=1S/C24H26F2N4O4/c25-17-4-6-21(7-5-17)33-15-20(31)13-29-8-10-30(11-9-29)14-23-28-22(16-34-23)24(32)27-19-3-1-2-18(26)12-19/h1-7,12,16,20,31H,8-11,13-15H2,(H,27,32)/t20-/m1/s1. The number of carbonyl (C=O) groups is 1. The summed E-state index contributed by atoms with van der Waals surface area (Å²) in [5, 5.41) is 12.8. The molecule has 0 bridgehead atoms. The molecule has 180 valence electrons. The van der Waals surface area contributed by atoms with Crippen molar-refractivity contribution in [3.8, 4) is 5.75 Å². The predicted octanol–water partition coefficient (Wildman–Crippen LogP) is 2.76. The molecule has 34 heavy (non-hydrogen) atoms.